The largest absolute Gasteiger partial charge is 0.481 e. The molecule has 0 aromatic heterocycles. The monoisotopic (exact) mass is 440 g/mol. The highest BCUT2D eigenvalue weighted by Gasteiger charge is 2.54. The number of methoxy groups -OCH3 is 2. The van der Waals surface area contributed by atoms with Gasteiger partial charge in [-0.25, -0.2) is 4.79 Å². The SMILES string of the molecule is C=C1CC[C@H]2[C@](C)(CO)CCC[C@@]2(C)[C@H]1CO[C@@H](C(=O)OC)[C@H](CC(=O)O)C(=O)OC. The molecule has 6 atom stereocenters. The Morgan fingerprint density at radius 1 is 1.16 bits per heavy atom. The van der Waals surface area contributed by atoms with E-state index in [0.29, 0.717) is 0 Å². The normalized spacial score (nSPS) is 32.5. The molecule has 0 spiro atoms. The lowest BCUT2D eigenvalue weighted by atomic mass is 9.47. The average Bonchev–Trinajstić information content (AvgIpc) is 2.73. The second-order valence-electron chi connectivity index (χ2n) is 9.48. The van der Waals surface area contributed by atoms with Crippen molar-refractivity contribution in [2.24, 2.45) is 28.6 Å². The summed E-state index contributed by atoms with van der Waals surface area (Å²) in [7, 11) is 2.30. The van der Waals surface area contributed by atoms with Crippen LogP contribution in [0.5, 0.6) is 0 Å². The van der Waals surface area contributed by atoms with Crippen LogP contribution in [0.4, 0.5) is 0 Å². The number of rotatable bonds is 9. The highest BCUT2D eigenvalue weighted by molar-refractivity contribution is 5.86. The van der Waals surface area contributed by atoms with Gasteiger partial charge in [0.15, 0.2) is 6.10 Å². The van der Waals surface area contributed by atoms with Gasteiger partial charge < -0.3 is 24.4 Å². The van der Waals surface area contributed by atoms with Crippen molar-refractivity contribution in [3.05, 3.63) is 12.2 Å². The van der Waals surface area contributed by atoms with E-state index in [1.165, 1.54) is 7.11 Å². The molecule has 2 aliphatic rings. The van der Waals surface area contributed by atoms with Crippen LogP contribution in [0.2, 0.25) is 0 Å². The maximum absolute atomic E-state index is 12.4. The van der Waals surface area contributed by atoms with Gasteiger partial charge in [0, 0.05) is 12.5 Å². The predicted molar refractivity (Wildman–Crippen MR) is 112 cm³/mol. The lowest BCUT2D eigenvalue weighted by molar-refractivity contribution is -0.174. The maximum atomic E-state index is 12.4. The lowest BCUT2D eigenvalue weighted by Gasteiger charge is -2.58. The molecule has 8 heteroatoms. The Bertz CT molecular complexity index is 704. The molecule has 2 saturated carbocycles. The number of fused-ring (bicyclic) bond motifs is 1. The van der Waals surface area contributed by atoms with E-state index >= 15 is 0 Å². The molecule has 176 valence electrons. The number of hydrogen-bond acceptors (Lipinski definition) is 7. The summed E-state index contributed by atoms with van der Waals surface area (Å²) in [6.45, 7) is 8.78. The summed E-state index contributed by atoms with van der Waals surface area (Å²) >= 11 is 0. The Hall–Kier alpha value is -1.93. The van der Waals surface area contributed by atoms with Crippen LogP contribution in [-0.2, 0) is 28.6 Å². The van der Waals surface area contributed by atoms with Crippen LogP contribution in [0.15, 0.2) is 12.2 Å². The number of aliphatic carboxylic acids is 1. The summed E-state index contributed by atoms with van der Waals surface area (Å²) in [5.74, 6) is -4.03. The number of ether oxygens (including phenoxy) is 3. The van der Waals surface area contributed by atoms with E-state index in [4.69, 9.17) is 14.2 Å². The van der Waals surface area contributed by atoms with Crippen molar-refractivity contribution in [3.63, 3.8) is 0 Å². The molecule has 0 radical (unpaired) electrons. The van der Waals surface area contributed by atoms with E-state index in [-0.39, 0.29) is 35.9 Å². The number of carbonyl (C=O) groups is 3. The van der Waals surface area contributed by atoms with E-state index in [0.717, 1.165) is 44.8 Å². The molecule has 0 bridgehead atoms. The zero-order valence-corrected chi connectivity index (χ0v) is 19.0. The van der Waals surface area contributed by atoms with Gasteiger partial charge in [0.05, 0.1) is 27.2 Å². The average molecular weight is 441 g/mol. The number of hydrogen-bond donors (Lipinski definition) is 2. The van der Waals surface area contributed by atoms with E-state index in [2.05, 4.69) is 20.4 Å². The molecule has 31 heavy (non-hydrogen) atoms. The van der Waals surface area contributed by atoms with Crippen molar-refractivity contribution in [1.29, 1.82) is 0 Å². The van der Waals surface area contributed by atoms with Crippen LogP contribution in [0.25, 0.3) is 0 Å². The molecule has 8 nitrogen and oxygen atoms in total. The second-order valence-corrected chi connectivity index (χ2v) is 9.48. The number of carboxylic acids is 1. The van der Waals surface area contributed by atoms with Crippen LogP contribution in [0.3, 0.4) is 0 Å². The Labute approximate surface area is 183 Å². The van der Waals surface area contributed by atoms with E-state index < -0.39 is 36.4 Å². The summed E-state index contributed by atoms with van der Waals surface area (Å²) in [4.78, 5) is 35.9. The number of carbonyl (C=O) groups excluding carboxylic acids is 2. The second kappa shape index (κ2) is 10.1. The molecule has 0 aliphatic heterocycles. The third kappa shape index (κ3) is 5.12. The fourth-order valence-corrected chi connectivity index (χ4v) is 5.90. The molecule has 2 aliphatic carbocycles. The number of aliphatic hydroxyl groups excluding tert-OH is 1. The first kappa shape index (κ1) is 25.3. The summed E-state index contributed by atoms with van der Waals surface area (Å²) < 4.78 is 15.5. The number of esters is 2. The Balaban J connectivity index is 2.30. The van der Waals surface area contributed by atoms with Gasteiger partial charge in [-0.2, -0.15) is 0 Å². The van der Waals surface area contributed by atoms with E-state index in [1.807, 2.05) is 0 Å². The van der Waals surface area contributed by atoms with Gasteiger partial charge in [-0.05, 0) is 42.4 Å². The van der Waals surface area contributed by atoms with Crippen molar-refractivity contribution in [2.45, 2.75) is 58.5 Å². The molecule has 0 amide bonds. The van der Waals surface area contributed by atoms with Gasteiger partial charge in [0.1, 0.15) is 5.92 Å². The van der Waals surface area contributed by atoms with Crippen LogP contribution in [0, 0.1) is 28.6 Å². The lowest BCUT2D eigenvalue weighted by Crippen LogP contribution is -2.53. The highest BCUT2D eigenvalue weighted by Crippen LogP contribution is 2.60. The third-order valence-corrected chi connectivity index (χ3v) is 7.64. The highest BCUT2D eigenvalue weighted by atomic mass is 16.6. The molecule has 2 fully saturated rings. The zero-order valence-electron chi connectivity index (χ0n) is 19.0. The molecular weight excluding hydrogens is 404 g/mol. The maximum Gasteiger partial charge on any atom is 0.335 e. The topological polar surface area (TPSA) is 119 Å². The minimum atomic E-state index is -1.39. The van der Waals surface area contributed by atoms with Gasteiger partial charge in [-0.3, -0.25) is 9.59 Å². The van der Waals surface area contributed by atoms with Crippen LogP contribution in [-0.4, -0.2) is 61.7 Å². The molecule has 0 unspecified atom stereocenters. The quantitative estimate of drug-likeness (QED) is 0.415. The summed E-state index contributed by atoms with van der Waals surface area (Å²) in [5, 5.41) is 19.3. The van der Waals surface area contributed by atoms with E-state index in [1.54, 1.807) is 0 Å². The van der Waals surface area contributed by atoms with Crippen LogP contribution in [0.1, 0.15) is 52.4 Å². The fourth-order valence-electron chi connectivity index (χ4n) is 5.90. The summed E-state index contributed by atoms with van der Waals surface area (Å²) in [5.41, 5.74) is 0.641. The minimum Gasteiger partial charge on any atom is -0.481 e. The van der Waals surface area contributed by atoms with Crippen molar-refractivity contribution < 1.29 is 38.8 Å². The van der Waals surface area contributed by atoms with Crippen molar-refractivity contribution in [2.75, 3.05) is 27.4 Å². The van der Waals surface area contributed by atoms with E-state index in [9.17, 15) is 24.6 Å². The first-order valence-electron chi connectivity index (χ1n) is 10.8. The smallest absolute Gasteiger partial charge is 0.335 e. The van der Waals surface area contributed by atoms with Crippen molar-refractivity contribution in [1.82, 2.24) is 0 Å². The third-order valence-electron chi connectivity index (χ3n) is 7.64. The Morgan fingerprint density at radius 2 is 1.81 bits per heavy atom. The van der Waals surface area contributed by atoms with Gasteiger partial charge in [0.2, 0.25) is 0 Å². The zero-order chi connectivity index (χ0) is 23.4. The molecule has 2 N–H and O–H groups in total. The number of carboxylic acid groups (broad SMARTS) is 1. The Morgan fingerprint density at radius 3 is 2.35 bits per heavy atom. The first-order chi connectivity index (χ1) is 14.5. The molecular formula is C23H36O8. The van der Waals surface area contributed by atoms with Crippen molar-refractivity contribution in [3.8, 4) is 0 Å². The fraction of sp³-hybridized carbons (Fsp3) is 0.783. The molecule has 0 saturated heterocycles. The van der Waals surface area contributed by atoms with Gasteiger partial charge >= 0.3 is 17.9 Å². The molecule has 0 heterocycles. The molecule has 0 aromatic carbocycles. The van der Waals surface area contributed by atoms with Gasteiger partial charge in [-0.15, -0.1) is 0 Å². The predicted octanol–water partition coefficient (Wildman–Crippen LogP) is 2.58. The first-order valence-corrected chi connectivity index (χ1v) is 10.8. The van der Waals surface area contributed by atoms with Crippen LogP contribution >= 0.6 is 0 Å². The summed E-state index contributed by atoms with van der Waals surface area (Å²) in [6, 6.07) is 0. The number of aliphatic hydroxyl groups is 1. The Kier molecular flexibility index (Phi) is 8.27. The summed E-state index contributed by atoms with van der Waals surface area (Å²) in [6.07, 6.45) is 2.60. The minimum absolute atomic E-state index is 0.0901. The van der Waals surface area contributed by atoms with Crippen LogP contribution < -0.4 is 0 Å². The molecule has 2 rings (SSSR count). The molecule has 0 aromatic rings. The van der Waals surface area contributed by atoms with Crippen molar-refractivity contribution >= 4 is 17.9 Å². The van der Waals surface area contributed by atoms with Gasteiger partial charge in [-0.1, -0.05) is 32.4 Å². The standard InChI is InChI=1S/C23H36O8/c1-14-7-8-17-22(2,13-24)9-6-10-23(17,3)16(14)12-31-19(21(28)30-5)15(11-18(25)26)20(27)29-4/h15-17,19,24H,1,6-13H2,2-5H3,(H,25,26)/t15-,16-,17-,19+,22-,23-/m0/s1. The van der Waals surface area contributed by atoms with Gasteiger partial charge in [0.25, 0.3) is 0 Å².